The van der Waals surface area contributed by atoms with Gasteiger partial charge in [0.1, 0.15) is 0 Å². The normalized spacial score (nSPS) is 12.5. The second-order valence-electron chi connectivity index (χ2n) is 4.84. The summed E-state index contributed by atoms with van der Waals surface area (Å²) < 4.78 is 21.9. The molecule has 0 amide bonds. The van der Waals surface area contributed by atoms with E-state index in [1.54, 1.807) is 0 Å². The molecule has 126 valence electrons. The van der Waals surface area contributed by atoms with Crippen LogP contribution in [0.4, 0.5) is 0 Å². The van der Waals surface area contributed by atoms with Crippen LogP contribution in [0.15, 0.2) is 30.3 Å². The Balaban J connectivity index is 1.94. The van der Waals surface area contributed by atoms with Gasteiger partial charge >= 0.3 is 0 Å². The molecule has 5 heteroatoms. The van der Waals surface area contributed by atoms with Gasteiger partial charge in [0.05, 0.1) is 45.7 Å². The zero-order valence-corrected chi connectivity index (χ0v) is 13.5. The van der Waals surface area contributed by atoms with Crippen LogP contribution >= 0.6 is 0 Å². The Morgan fingerprint density at radius 1 is 0.818 bits per heavy atom. The van der Waals surface area contributed by atoms with E-state index in [1.807, 2.05) is 30.3 Å². The lowest BCUT2D eigenvalue weighted by atomic mass is 10.1. The molecule has 0 aliphatic heterocycles. The molecule has 1 atom stereocenters. The molecule has 0 fully saturated rings. The van der Waals surface area contributed by atoms with Crippen molar-refractivity contribution in [2.75, 3.05) is 52.8 Å². The molecule has 0 spiro atoms. The first-order valence-corrected chi connectivity index (χ1v) is 7.98. The van der Waals surface area contributed by atoms with E-state index in [-0.39, 0.29) is 6.10 Å². The second kappa shape index (κ2) is 13.7. The molecule has 1 unspecified atom stereocenters. The molecule has 1 aromatic rings. The fourth-order valence-electron chi connectivity index (χ4n) is 1.90. The van der Waals surface area contributed by atoms with Crippen molar-refractivity contribution in [1.82, 2.24) is 0 Å². The maximum absolute atomic E-state index is 5.74. The molecule has 0 radical (unpaired) electrons. The van der Waals surface area contributed by atoms with Crippen LogP contribution in [0.3, 0.4) is 0 Å². The summed E-state index contributed by atoms with van der Waals surface area (Å²) in [5.41, 5.74) is 6.84. The molecule has 5 nitrogen and oxygen atoms in total. The molecular weight excluding hydrogens is 282 g/mol. The van der Waals surface area contributed by atoms with E-state index in [2.05, 4.69) is 6.92 Å². The summed E-state index contributed by atoms with van der Waals surface area (Å²) in [6.07, 6.45) is 0.965. The lowest BCUT2D eigenvalue weighted by Gasteiger charge is -2.16. The highest BCUT2D eigenvalue weighted by Crippen LogP contribution is 2.14. The molecule has 2 N–H and O–H groups in total. The van der Waals surface area contributed by atoms with Crippen molar-refractivity contribution in [2.45, 2.75) is 19.4 Å². The van der Waals surface area contributed by atoms with Gasteiger partial charge in [0.15, 0.2) is 0 Å². The van der Waals surface area contributed by atoms with Crippen molar-refractivity contribution in [3.05, 3.63) is 35.9 Å². The van der Waals surface area contributed by atoms with Crippen molar-refractivity contribution in [3.63, 3.8) is 0 Å². The highest BCUT2D eigenvalue weighted by molar-refractivity contribution is 5.17. The summed E-state index contributed by atoms with van der Waals surface area (Å²) in [5, 5.41) is 0. The molecule has 0 aromatic heterocycles. The number of hydrogen-bond donors (Lipinski definition) is 1. The van der Waals surface area contributed by atoms with Crippen LogP contribution in [0.25, 0.3) is 0 Å². The predicted octanol–water partition coefficient (Wildman–Crippen LogP) is 2.16. The molecule has 22 heavy (non-hydrogen) atoms. The van der Waals surface area contributed by atoms with Gasteiger partial charge in [-0.1, -0.05) is 37.3 Å². The Labute approximate surface area is 133 Å². The molecule has 0 saturated carbocycles. The molecule has 1 rings (SSSR count). The number of rotatable bonds is 14. The highest BCUT2D eigenvalue weighted by atomic mass is 16.6. The third-order valence-electron chi connectivity index (χ3n) is 3.02. The molecule has 0 aliphatic rings. The van der Waals surface area contributed by atoms with Gasteiger partial charge in [-0.15, -0.1) is 0 Å². The summed E-state index contributed by atoms with van der Waals surface area (Å²) >= 11 is 0. The van der Waals surface area contributed by atoms with Crippen LogP contribution < -0.4 is 5.73 Å². The Hall–Kier alpha value is -0.980. The van der Waals surface area contributed by atoms with Crippen LogP contribution in [-0.2, 0) is 18.9 Å². The lowest BCUT2D eigenvalue weighted by molar-refractivity contribution is -0.0173. The van der Waals surface area contributed by atoms with Crippen molar-refractivity contribution >= 4 is 0 Å². The minimum absolute atomic E-state index is 0.0724. The average molecular weight is 311 g/mol. The zero-order valence-electron chi connectivity index (χ0n) is 13.5. The van der Waals surface area contributed by atoms with Crippen molar-refractivity contribution in [2.24, 2.45) is 5.73 Å². The number of hydrogen-bond acceptors (Lipinski definition) is 5. The van der Waals surface area contributed by atoms with Gasteiger partial charge in [0.2, 0.25) is 0 Å². The number of ether oxygens (including phenoxy) is 4. The Bertz CT molecular complexity index is 348. The smallest absolute Gasteiger partial charge is 0.0948 e. The van der Waals surface area contributed by atoms with Crippen LogP contribution in [0.1, 0.15) is 25.0 Å². The first kappa shape index (κ1) is 19.1. The van der Waals surface area contributed by atoms with Gasteiger partial charge in [0.25, 0.3) is 0 Å². The van der Waals surface area contributed by atoms with E-state index < -0.39 is 0 Å². The Kier molecular flexibility index (Phi) is 11.8. The molecule has 0 heterocycles. The molecule has 0 saturated heterocycles. The third kappa shape index (κ3) is 9.12. The Morgan fingerprint density at radius 3 is 1.91 bits per heavy atom. The van der Waals surface area contributed by atoms with Crippen LogP contribution in [0.2, 0.25) is 0 Å². The topological polar surface area (TPSA) is 62.9 Å². The quantitative estimate of drug-likeness (QED) is 0.534. The SMILES string of the molecule is CCCOCCOCCOCCOC(CN)c1ccccc1. The minimum atomic E-state index is -0.0724. The first-order chi connectivity index (χ1) is 10.9. The molecule has 0 bridgehead atoms. The van der Waals surface area contributed by atoms with E-state index in [4.69, 9.17) is 24.7 Å². The Morgan fingerprint density at radius 2 is 1.36 bits per heavy atom. The van der Waals surface area contributed by atoms with Gasteiger partial charge < -0.3 is 24.7 Å². The van der Waals surface area contributed by atoms with E-state index >= 15 is 0 Å². The van der Waals surface area contributed by atoms with E-state index in [1.165, 1.54) is 0 Å². The maximum atomic E-state index is 5.74. The van der Waals surface area contributed by atoms with Gasteiger partial charge in [0, 0.05) is 13.2 Å². The number of benzene rings is 1. The van der Waals surface area contributed by atoms with Gasteiger partial charge in [-0.25, -0.2) is 0 Å². The largest absolute Gasteiger partial charge is 0.379 e. The summed E-state index contributed by atoms with van der Waals surface area (Å²) in [7, 11) is 0. The van der Waals surface area contributed by atoms with Gasteiger partial charge in [-0.3, -0.25) is 0 Å². The van der Waals surface area contributed by atoms with E-state index in [0.717, 1.165) is 18.6 Å². The van der Waals surface area contributed by atoms with E-state index in [9.17, 15) is 0 Å². The van der Waals surface area contributed by atoms with Crippen LogP contribution in [0.5, 0.6) is 0 Å². The molecular formula is C17H29NO4. The van der Waals surface area contributed by atoms with Crippen molar-refractivity contribution < 1.29 is 18.9 Å². The lowest BCUT2D eigenvalue weighted by Crippen LogP contribution is -2.18. The number of nitrogens with two attached hydrogens (primary N) is 1. The van der Waals surface area contributed by atoms with Crippen LogP contribution in [-0.4, -0.2) is 52.8 Å². The fourth-order valence-corrected chi connectivity index (χ4v) is 1.90. The minimum Gasteiger partial charge on any atom is -0.379 e. The maximum Gasteiger partial charge on any atom is 0.0948 e. The van der Waals surface area contributed by atoms with Gasteiger partial charge in [-0.2, -0.15) is 0 Å². The summed E-state index contributed by atoms with van der Waals surface area (Å²) in [5.74, 6) is 0. The molecule has 1 aromatic carbocycles. The van der Waals surface area contributed by atoms with Crippen molar-refractivity contribution in [1.29, 1.82) is 0 Å². The fraction of sp³-hybridized carbons (Fsp3) is 0.647. The van der Waals surface area contributed by atoms with Crippen molar-refractivity contribution in [3.8, 4) is 0 Å². The average Bonchev–Trinajstić information content (AvgIpc) is 2.57. The monoisotopic (exact) mass is 311 g/mol. The second-order valence-corrected chi connectivity index (χ2v) is 4.84. The first-order valence-electron chi connectivity index (χ1n) is 7.98. The summed E-state index contributed by atoms with van der Waals surface area (Å²) in [6, 6.07) is 9.99. The molecule has 0 aliphatic carbocycles. The predicted molar refractivity (Wildman–Crippen MR) is 86.9 cm³/mol. The zero-order chi connectivity index (χ0) is 15.9. The van der Waals surface area contributed by atoms with Crippen LogP contribution in [0, 0.1) is 0 Å². The van der Waals surface area contributed by atoms with Gasteiger partial charge in [-0.05, 0) is 12.0 Å². The van der Waals surface area contributed by atoms with E-state index in [0.29, 0.717) is 46.2 Å². The highest BCUT2D eigenvalue weighted by Gasteiger charge is 2.08. The standard InChI is InChI=1S/C17H29NO4/c1-2-8-19-9-10-20-11-12-21-13-14-22-17(15-18)16-6-4-3-5-7-16/h3-7,17H,2,8-15,18H2,1H3. The summed E-state index contributed by atoms with van der Waals surface area (Å²) in [6.45, 7) is 6.81. The third-order valence-corrected chi connectivity index (χ3v) is 3.02. The summed E-state index contributed by atoms with van der Waals surface area (Å²) in [4.78, 5) is 0.